The molecule has 6 rings (SSSR count). The molecule has 4 N–H and O–H groups in total. The second-order valence-electron chi connectivity index (χ2n) is 8.85. The van der Waals surface area contributed by atoms with Gasteiger partial charge in [0.15, 0.2) is 22.6 Å². The Bertz CT molecular complexity index is 1500. The van der Waals surface area contributed by atoms with Gasteiger partial charge in [0.25, 0.3) is 5.91 Å². The van der Waals surface area contributed by atoms with E-state index in [1.54, 1.807) is 29.3 Å². The number of rotatable bonds is 5. The zero-order chi connectivity index (χ0) is 24.0. The molecular weight excluding hydrogens is 446 g/mol. The van der Waals surface area contributed by atoms with E-state index in [2.05, 4.69) is 30.8 Å². The molecule has 0 saturated carbocycles. The van der Waals surface area contributed by atoms with Gasteiger partial charge in [-0.1, -0.05) is 30.3 Å². The fourth-order valence-electron chi connectivity index (χ4n) is 4.65. The average molecular weight is 472 g/mol. The number of anilines is 1. The predicted octanol–water partition coefficient (Wildman–Crippen LogP) is 1.95. The van der Waals surface area contributed by atoms with Gasteiger partial charge >= 0.3 is 0 Å². The Morgan fingerprint density at radius 3 is 2.69 bits per heavy atom. The maximum absolute atomic E-state index is 13.9. The third kappa shape index (κ3) is 3.43. The van der Waals surface area contributed by atoms with Gasteiger partial charge in [-0.2, -0.15) is 14.6 Å². The Labute approximate surface area is 200 Å². The molecule has 1 saturated heterocycles. The summed E-state index contributed by atoms with van der Waals surface area (Å²) in [6, 6.07) is 13.2. The minimum absolute atomic E-state index is 0.0886. The summed E-state index contributed by atoms with van der Waals surface area (Å²) in [6.45, 7) is 3.60. The van der Waals surface area contributed by atoms with E-state index >= 15 is 0 Å². The fourth-order valence-corrected chi connectivity index (χ4v) is 4.65. The summed E-state index contributed by atoms with van der Waals surface area (Å²) in [5.74, 6) is 0.884. The van der Waals surface area contributed by atoms with Gasteiger partial charge in [0.05, 0.1) is 17.8 Å². The van der Waals surface area contributed by atoms with E-state index in [1.165, 1.54) is 4.52 Å². The van der Waals surface area contributed by atoms with E-state index in [0.717, 1.165) is 31.5 Å². The smallest absolute Gasteiger partial charge is 0.252 e. The van der Waals surface area contributed by atoms with Crippen LogP contribution in [0.2, 0.25) is 0 Å². The van der Waals surface area contributed by atoms with Crippen LogP contribution in [0, 0.1) is 0 Å². The summed E-state index contributed by atoms with van der Waals surface area (Å²) in [5.41, 5.74) is 6.84. The number of fused-ring (bicyclic) bond motifs is 3. The highest BCUT2D eigenvalue weighted by Gasteiger charge is 2.41. The van der Waals surface area contributed by atoms with Crippen LogP contribution in [0.4, 0.5) is 5.95 Å². The molecule has 11 nitrogen and oxygen atoms in total. The van der Waals surface area contributed by atoms with Crippen LogP contribution in [0.1, 0.15) is 25.3 Å². The molecule has 0 aliphatic carbocycles. The van der Waals surface area contributed by atoms with Gasteiger partial charge in [0.1, 0.15) is 0 Å². The zero-order valence-corrected chi connectivity index (χ0v) is 19.2. The predicted molar refractivity (Wildman–Crippen MR) is 129 cm³/mol. The first-order valence-electron chi connectivity index (χ1n) is 11.6. The number of furan rings is 1. The normalized spacial score (nSPS) is 16.5. The second kappa shape index (κ2) is 8.20. The number of hydrogen-bond acceptors (Lipinski definition) is 8. The van der Waals surface area contributed by atoms with E-state index in [4.69, 9.17) is 10.2 Å². The van der Waals surface area contributed by atoms with Crippen molar-refractivity contribution < 1.29 is 9.21 Å². The molecule has 4 aromatic heterocycles. The van der Waals surface area contributed by atoms with Gasteiger partial charge in [0.2, 0.25) is 11.8 Å². The number of nitrogens with two attached hydrogens (primary N) is 1. The number of carbonyl (C=O) groups is 1. The standard InChI is InChI=1S/C24H25N9O2/c1-24(15-6-3-2-4-7-15,22(34)28-16-9-11-26-12-10-16)33-21-17(14-27-33)20-29-19(18-8-5-13-35-18)31-32(20)23(25)30-21/h2-8,13-14,16,26H,9-12H2,1H3,(H2,25,30)(H,28,34). The van der Waals surface area contributed by atoms with Gasteiger partial charge in [-0.15, -0.1) is 5.10 Å². The third-order valence-electron chi connectivity index (χ3n) is 6.65. The molecule has 1 atom stereocenters. The van der Waals surface area contributed by atoms with Gasteiger partial charge in [-0.3, -0.25) is 4.79 Å². The van der Waals surface area contributed by atoms with Crippen LogP contribution in [0.25, 0.3) is 28.3 Å². The van der Waals surface area contributed by atoms with Crippen LogP contribution in [0.5, 0.6) is 0 Å². The lowest BCUT2D eigenvalue weighted by Gasteiger charge is -2.33. The number of nitrogen functional groups attached to an aromatic ring is 1. The van der Waals surface area contributed by atoms with Crippen LogP contribution >= 0.6 is 0 Å². The molecule has 178 valence electrons. The Morgan fingerprint density at radius 2 is 1.94 bits per heavy atom. The first-order chi connectivity index (χ1) is 17.1. The van der Waals surface area contributed by atoms with Crippen LogP contribution in [-0.2, 0) is 10.3 Å². The zero-order valence-electron chi connectivity index (χ0n) is 19.2. The van der Waals surface area contributed by atoms with Crippen LogP contribution in [0.3, 0.4) is 0 Å². The average Bonchev–Trinajstić information content (AvgIpc) is 3.64. The molecule has 1 fully saturated rings. The molecule has 0 spiro atoms. The van der Waals surface area contributed by atoms with Crippen molar-refractivity contribution in [3.05, 3.63) is 60.5 Å². The molecule has 35 heavy (non-hydrogen) atoms. The number of piperidine rings is 1. The van der Waals surface area contributed by atoms with Crippen molar-refractivity contribution in [2.45, 2.75) is 31.3 Å². The summed E-state index contributed by atoms with van der Waals surface area (Å²) in [6.07, 6.45) is 4.95. The number of nitrogens with zero attached hydrogens (tertiary/aromatic N) is 6. The number of benzene rings is 1. The first-order valence-corrected chi connectivity index (χ1v) is 11.6. The monoisotopic (exact) mass is 471 g/mol. The third-order valence-corrected chi connectivity index (χ3v) is 6.65. The number of carbonyl (C=O) groups excluding carboxylic acids is 1. The van der Waals surface area contributed by atoms with Crippen molar-refractivity contribution in [1.82, 2.24) is 40.0 Å². The lowest BCUT2D eigenvalue weighted by molar-refractivity contribution is -0.128. The Kier molecular flexibility index (Phi) is 4.99. The van der Waals surface area contributed by atoms with E-state index in [0.29, 0.717) is 28.3 Å². The van der Waals surface area contributed by atoms with Crippen molar-refractivity contribution in [3.63, 3.8) is 0 Å². The van der Waals surface area contributed by atoms with E-state index < -0.39 is 5.54 Å². The lowest BCUT2D eigenvalue weighted by atomic mass is 9.90. The Balaban J connectivity index is 1.51. The van der Waals surface area contributed by atoms with Gasteiger partial charge in [0, 0.05) is 6.04 Å². The highest BCUT2D eigenvalue weighted by Crippen LogP contribution is 2.32. The van der Waals surface area contributed by atoms with Crippen molar-refractivity contribution in [2.24, 2.45) is 0 Å². The van der Waals surface area contributed by atoms with Crippen LogP contribution in [0.15, 0.2) is 59.3 Å². The second-order valence-corrected chi connectivity index (χ2v) is 8.85. The Hall–Kier alpha value is -4.25. The van der Waals surface area contributed by atoms with Gasteiger partial charge < -0.3 is 20.8 Å². The highest BCUT2D eigenvalue weighted by molar-refractivity contribution is 5.94. The number of amides is 1. The lowest BCUT2D eigenvalue weighted by Crippen LogP contribution is -2.53. The maximum atomic E-state index is 13.9. The summed E-state index contributed by atoms with van der Waals surface area (Å²) in [4.78, 5) is 23.1. The maximum Gasteiger partial charge on any atom is 0.252 e. The first kappa shape index (κ1) is 21.3. The van der Waals surface area contributed by atoms with E-state index in [1.807, 2.05) is 37.3 Å². The fraction of sp³-hybridized carbons (Fsp3) is 0.292. The van der Waals surface area contributed by atoms with Crippen molar-refractivity contribution in [2.75, 3.05) is 18.8 Å². The SMILES string of the molecule is CC(C(=O)NC1CCNCC1)(c1ccccc1)n1ncc2c1nc(N)n1nc(-c3ccco3)nc21. The quantitative estimate of drug-likeness (QED) is 0.353. The minimum Gasteiger partial charge on any atom is -0.461 e. The molecular formula is C24H25N9O2. The summed E-state index contributed by atoms with van der Waals surface area (Å²) < 4.78 is 8.53. The molecule has 1 aliphatic heterocycles. The number of hydrogen-bond donors (Lipinski definition) is 3. The Morgan fingerprint density at radius 1 is 1.14 bits per heavy atom. The largest absolute Gasteiger partial charge is 0.461 e. The molecule has 1 unspecified atom stereocenters. The molecule has 11 heteroatoms. The van der Waals surface area contributed by atoms with Gasteiger partial charge in [-0.25, -0.2) is 9.67 Å². The number of nitrogens with one attached hydrogen (secondary N) is 2. The minimum atomic E-state index is -1.17. The van der Waals surface area contributed by atoms with Crippen LogP contribution in [-0.4, -0.2) is 54.4 Å². The van der Waals surface area contributed by atoms with Gasteiger partial charge in [-0.05, 0) is 50.6 Å². The topological polar surface area (TPSA) is 141 Å². The molecule has 5 heterocycles. The molecule has 5 aromatic rings. The molecule has 0 radical (unpaired) electrons. The molecule has 0 bridgehead atoms. The van der Waals surface area contributed by atoms with Crippen molar-refractivity contribution >= 4 is 28.5 Å². The van der Waals surface area contributed by atoms with Crippen molar-refractivity contribution in [1.29, 1.82) is 0 Å². The van der Waals surface area contributed by atoms with E-state index in [-0.39, 0.29) is 17.9 Å². The van der Waals surface area contributed by atoms with Crippen LogP contribution < -0.4 is 16.4 Å². The highest BCUT2D eigenvalue weighted by atomic mass is 16.3. The molecule has 1 aromatic carbocycles. The molecule has 1 amide bonds. The molecule has 1 aliphatic rings. The van der Waals surface area contributed by atoms with E-state index in [9.17, 15) is 4.79 Å². The summed E-state index contributed by atoms with van der Waals surface area (Å²) >= 11 is 0. The summed E-state index contributed by atoms with van der Waals surface area (Å²) in [5, 5.41) is 16.3. The summed E-state index contributed by atoms with van der Waals surface area (Å²) in [7, 11) is 0. The van der Waals surface area contributed by atoms with Crippen molar-refractivity contribution in [3.8, 4) is 11.6 Å². The number of aromatic nitrogens is 6.